The lowest BCUT2D eigenvalue weighted by atomic mass is 10.2. The molecule has 5 heteroatoms. The zero-order valence-corrected chi connectivity index (χ0v) is 8.53. The molecule has 0 amide bonds. The van der Waals surface area contributed by atoms with Crippen molar-refractivity contribution in [1.29, 1.82) is 0 Å². The van der Waals surface area contributed by atoms with Crippen molar-refractivity contribution in [2.24, 2.45) is 11.5 Å². The van der Waals surface area contributed by atoms with Crippen molar-refractivity contribution in [3.05, 3.63) is 0 Å². The minimum atomic E-state index is 0. The van der Waals surface area contributed by atoms with Crippen LogP contribution in [-0.2, 0) is 0 Å². The van der Waals surface area contributed by atoms with E-state index in [1.807, 2.05) is 6.92 Å². The molecule has 0 aliphatic rings. The van der Waals surface area contributed by atoms with Gasteiger partial charge in [0.1, 0.15) is 0 Å². The van der Waals surface area contributed by atoms with Crippen molar-refractivity contribution >= 4 is 37.2 Å². The number of hydrogen-bond donors (Lipinski definition) is 2. The van der Waals surface area contributed by atoms with E-state index >= 15 is 0 Å². The Balaban J connectivity index is -0.0000000600. The Morgan fingerprint density at radius 3 is 1.70 bits per heavy atom. The van der Waals surface area contributed by atoms with Crippen molar-refractivity contribution in [1.82, 2.24) is 0 Å². The van der Waals surface area contributed by atoms with E-state index in [1.54, 1.807) is 0 Å². The van der Waals surface area contributed by atoms with Crippen LogP contribution in [0.2, 0.25) is 0 Å². The molecule has 0 aliphatic carbocycles. The van der Waals surface area contributed by atoms with Gasteiger partial charge >= 0.3 is 0 Å². The molecule has 0 aliphatic heterocycles. The monoisotopic (exact) mass is 210 g/mol. The van der Waals surface area contributed by atoms with E-state index in [4.69, 9.17) is 11.5 Å². The van der Waals surface area contributed by atoms with Gasteiger partial charge in [0.25, 0.3) is 0 Å². The Morgan fingerprint density at radius 2 is 1.60 bits per heavy atom. The highest BCUT2D eigenvalue weighted by atomic mass is 35.5. The van der Waals surface area contributed by atoms with Crippen molar-refractivity contribution in [3.8, 4) is 0 Å². The lowest BCUT2D eigenvalue weighted by molar-refractivity contribution is 0.631. The Bertz CT molecular complexity index is 43.9. The number of rotatable bonds is 3. The van der Waals surface area contributed by atoms with Gasteiger partial charge in [0.15, 0.2) is 0 Å². The molecular weight excluding hydrogens is 194 g/mol. The second-order valence-corrected chi connectivity index (χ2v) is 1.91. The summed E-state index contributed by atoms with van der Waals surface area (Å²) >= 11 is 0. The van der Waals surface area contributed by atoms with Crippen molar-refractivity contribution in [2.45, 2.75) is 25.8 Å². The van der Waals surface area contributed by atoms with Crippen LogP contribution in [0.4, 0.5) is 0 Å². The average molecular weight is 212 g/mol. The van der Waals surface area contributed by atoms with Gasteiger partial charge in [-0.05, 0) is 26.3 Å². The van der Waals surface area contributed by atoms with Crippen LogP contribution in [-0.4, -0.2) is 12.6 Å². The fourth-order valence-electron chi connectivity index (χ4n) is 0.440. The van der Waals surface area contributed by atoms with E-state index in [1.165, 1.54) is 0 Å². The third-order valence-corrected chi connectivity index (χ3v) is 0.864. The predicted octanol–water partition coefficient (Wildman–Crippen LogP) is 1.34. The summed E-state index contributed by atoms with van der Waals surface area (Å²) in [6.07, 6.45) is 2.11. The van der Waals surface area contributed by atoms with Crippen molar-refractivity contribution in [3.63, 3.8) is 0 Å². The van der Waals surface area contributed by atoms with Gasteiger partial charge in [-0.2, -0.15) is 0 Å². The first-order chi connectivity index (χ1) is 3.27. The summed E-state index contributed by atoms with van der Waals surface area (Å²) in [4.78, 5) is 0. The van der Waals surface area contributed by atoms with Crippen LogP contribution >= 0.6 is 37.2 Å². The standard InChI is InChI=1S/C5H14N2.3ClH/c1-5(7)3-2-4-6;;;/h5H,2-4,6-7H2,1H3;3*1H. The summed E-state index contributed by atoms with van der Waals surface area (Å²) < 4.78 is 0. The number of halogens is 3. The minimum absolute atomic E-state index is 0. The normalized spacial score (nSPS) is 9.90. The third kappa shape index (κ3) is 23.2. The summed E-state index contributed by atoms with van der Waals surface area (Å²) in [7, 11) is 0. The maximum atomic E-state index is 5.42. The van der Waals surface area contributed by atoms with Gasteiger partial charge < -0.3 is 11.5 Å². The second kappa shape index (κ2) is 16.4. The summed E-state index contributed by atoms with van der Waals surface area (Å²) in [5, 5.41) is 0. The molecule has 0 rings (SSSR count). The van der Waals surface area contributed by atoms with Gasteiger partial charge in [0.2, 0.25) is 0 Å². The Hall–Kier alpha value is 0.790. The molecule has 0 aromatic rings. The molecule has 68 valence electrons. The SMILES string of the molecule is CC(N)CCCN.Cl.Cl.Cl. The van der Waals surface area contributed by atoms with Crippen molar-refractivity contribution in [2.75, 3.05) is 6.54 Å². The molecule has 0 saturated carbocycles. The Kier molecular flexibility index (Phi) is 36.8. The van der Waals surface area contributed by atoms with E-state index in [2.05, 4.69) is 0 Å². The lowest BCUT2D eigenvalue weighted by Crippen LogP contribution is -2.16. The molecule has 10 heavy (non-hydrogen) atoms. The molecule has 0 aromatic carbocycles. The van der Waals surface area contributed by atoms with Crippen molar-refractivity contribution < 1.29 is 0 Å². The first-order valence-corrected chi connectivity index (χ1v) is 2.73. The molecule has 0 fully saturated rings. The summed E-state index contributed by atoms with van der Waals surface area (Å²) in [6.45, 7) is 2.76. The first-order valence-electron chi connectivity index (χ1n) is 2.73. The zero-order valence-electron chi connectivity index (χ0n) is 6.08. The zero-order chi connectivity index (χ0) is 5.70. The van der Waals surface area contributed by atoms with Gasteiger partial charge in [0, 0.05) is 6.04 Å². The highest BCUT2D eigenvalue weighted by Crippen LogP contribution is 1.88. The highest BCUT2D eigenvalue weighted by molar-refractivity contribution is 5.86. The van der Waals surface area contributed by atoms with Gasteiger partial charge in [-0.3, -0.25) is 0 Å². The van der Waals surface area contributed by atoms with Crippen LogP contribution in [0.25, 0.3) is 0 Å². The Morgan fingerprint density at radius 1 is 1.20 bits per heavy atom. The van der Waals surface area contributed by atoms with E-state index < -0.39 is 0 Å². The van der Waals surface area contributed by atoms with E-state index in [0.29, 0.717) is 6.04 Å². The van der Waals surface area contributed by atoms with Crippen LogP contribution in [0.15, 0.2) is 0 Å². The molecule has 2 nitrogen and oxygen atoms in total. The maximum Gasteiger partial charge on any atom is 0.00109 e. The fraction of sp³-hybridized carbons (Fsp3) is 1.00. The molecule has 0 saturated heterocycles. The molecule has 4 N–H and O–H groups in total. The smallest absolute Gasteiger partial charge is 0.00109 e. The summed E-state index contributed by atoms with van der Waals surface area (Å²) in [5.74, 6) is 0. The Labute approximate surface area is 81.3 Å². The molecule has 0 heterocycles. The largest absolute Gasteiger partial charge is 0.330 e. The number of nitrogens with two attached hydrogens (primary N) is 2. The van der Waals surface area contributed by atoms with Crippen LogP contribution in [0.3, 0.4) is 0 Å². The van der Waals surface area contributed by atoms with Crippen LogP contribution in [0.1, 0.15) is 19.8 Å². The van der Waals surface area contributed by atoms with E-state index in [9.17, 15) is 0 Å². The molecule has 1 unspecified atom stereocenters. The van der Waals surface area contributed by atoms with Crippen LogP contribution in [0, 0.1) is 0 Å². The topological polar surface area (TPSA) is 52.0 Å². The van der Waals surface area contributed by atoms with Gasteiger partial charge in [-0.25, -0.2) is 0 Å². The summed E-state index contributed by atoms with van der Waals surface area (Å²) in [6, 6.07) is 0.323. The molecule has 0 radical (unpaired) electrons. The summed E-state index contributed by atoms with van der Waals surface area (Å²) in [5.41, 5.74) is 10.6. The van der Waals surface area contributed by atoms with Gasteiger partial charge in [-0.15, -0.1) is 37.2 Å². The second-order valence-electron chi connectivity index (χ2n) is 1.91. The highest BCUT2D eigenvalue weighted by Gasteiger charge is 1.88. The number of hydrogen-bond acceptors (Lipinski definition) is 2. The quantitative estimate of drug-likeness (QED) is 0.740. The molecule has 0 spiro atoms. The molecular formula is C5H17Cl3N2. The third-order valence-electron chi connectivity index (χ3n) is 0.864. The minimum Gasteiger partial charge on any atom is -0.330 e. The maximum absolute atomic E-state index is 5.42. The lowest BCUT2D eigenvalue weighted by Gasteiger charge is -1.99. The van der Waals surface area contributed by atoms with E-state index in [0.717, 1.165) is 19.4 Å². The predicted molar refractivity (Wildman–Crippen MR) is 53.7 cm³/mol. The molecule has 0 bridgehead atoms. The molecule has 0 aromatic heterocycles. The average Bonchev–Trinajstić information content (AvgIpc) is 1.61. The first kappa shape index (κ1) is 22.4. The van der Waals surface area contributed by atoms with Gasteiger partial charge in [-0.1, -0.05) is 0 Å². The fourth-order valence-corrected chi connectivity index (χ4v) is 0.440. The molecule has 1 atom stereocenters. The van der Waals surface area contributed by atoms with Crippen LogP contribution < -0.4 is 11.5 Å². The van der Waals surface area contributed by atoms with Crippen LogP contribution in [0.5, 0.6) is 0 Å². The van der Waals surface area contributed by atoms with Gasteiger partial charge in [0.05, 0.1) is 0 Å². The van der Waals surface area contributed by atoms with E-state index in [-0.39, 0.29) is 37.2 Å².